The van der Waals surface area contributed by atoms with Crippen LogP contribution in [0.4, 0.5) is 0 Å². The van der Waals surface area contributed by atoms with E-state index in [4.69, 9.17) is 4.74 Å². The Morgan fingerprint density at radius 3 is 2.59 bits per heavy atom. The molecule has 0 spiro atoms. The second-order valence-corrected chi connectivity index (χ2v) is 6.87. The topological polar surface area (TPSA) is 37.4 Å². The normalized spacial score (nSPS) is 17.6. The lowest BCUT2D eigenvalue weighted by atomic mass is 10.0. The van der Waals surface area contributed by atoms with Crippen LogP contribution in [-0.4, -0.2) is 36.6 Å². The number of rotatable bonds is 5. The summed E-state index contributed by atoms with van der Waals surface area (Å²) in [5.74, 6) is 0.908. The third kappa shape index (κ3) is 4.02. The number of nitrogens with zero attached hydrogens (tertiary/aromatic N) is 2. The molecule has 1 aromatic heterocycles. The first-order valence-corrected chi connectivity index (χ1v) is 9.42. The van der Waals surface area contributed by atoms with Gasteiger partial charge in [-0.15, -0.1) is 0 Å². The number of ether oxygens (including phenoxy) is 1. The summed E-state index contributed by atoms with van der Waals surface area (Å²) >= 11 is 0. The van der Waals surface area contributed by atoms with Crippen molar-refractivity contribution >= 4 is 0 Å². The summed E-state index contributed by atoms with van der Waals surface area (Å²) < 4.78 is 5.49. The molecule has 4 nitrogen and oxygen atoms in total. The fourth-order valence-electron chi connectivity index (χ4n) is 3.76. The molecule has 0 bridgehead atoms. The summed E-state index contributed by atoms with van der Waals surface area (Å²) in [7, 11) is 1.72. The van der Waals surface area contributed by atoms with Crippen molar-refractivity contribution in [3.05, 3.63) is 84.2 Å². The molecule has 1 aliphatic heterocycles. The van der Waals surface area contributed by atoms with Crippen LogP contribution < -0.4 is 10.1 Å². The molecule has 0 saturated carbocycles. The van der Waals surface area contributed by atoms with Gasteiger partial charge in [0.2, 0.25) is 0 Å². The van der Waals surface area contributed by atoms with E-state index in [0.29, 0.717) is 6.04 Å². The van der Waals surface area contributed by atoms with Gasteiger partial charge in [-0.2, -0.15) is 0 Å². The molecule has 1 fully saturated rings. The summed E-state index contributed by atoms with van der Waals surface area (Å²) in [5.41, 5.74) is 4.96. The molecule has 0 aliphatic carbocycles. The summed E-state index contributed by atoms with van der Waals surface area (Å²) in [4.78, 5) is 6.70. The highest BCUT2D eigenvalue weighted by molar-refractivity contribution is 5.70. The molecule has 1 N–H and O–H groups in total. The number of benzene rings is 2. The molecule has 1 saturated heterocycles. The summed E-state index contributed by atoms with van der Waals surface area (Å²) in [6.45, 7) is 3.99. The lowest BCUT2D eigenvalue weighted by Crippen LogP contribution is -2.45. The molecule has 4 heteroatoms. The van der Waals surface area contributed by atoms with Gasteiger partial charge in [-0.25, -0.2) is 0 Å². The van der Waals surface area contributed by atoms with Crippen LogP contribution >= 0.6 is 0 Å². The van der Waals surface area contributed by atoms with Crippen LogP contribution in [0.1, 0.15) is 17.2 Å². The van der Waals surface area contributed by atoms with Gasteiger partial charge in [0.15, 0.2) is 0 Å². The fraction of sp³-hybridized carbons (Fsp3) is 0.261. The van der Waals surface area contributed by atoms with Crippen LogP contribution in [-0.2, 0) is 6.54 Å². The highest BCUT2D eigenvalue weighted by Gasteiger charge is 2.23. The standard InChI is InChI=1S/C23H25N3O/c1-27-23-5-3-2-4-21(23)19-8-6-18(7-9-19)17-26-15-14-25-16-22(26)20-10-12-24-13-11-20/h2-13,22,25H,14-17H2,1H3. The van der Waals surface area contributed by atoms with Crippen LogP contribution in [0.5, 0.6) is 5.75 Å². The van der Waals surface area contributed by atoms with Gasteiger partial charge in [0.25, 0.3) is 0 Å². The number of nitrogens with one attached hydrogen (secondary N) is 1. The molecule has 1 atom stereocenters. The van der Waals surface area contributed by atoms with Gasteiger partial charge in [0.05, 0.1) is 7.11 Å². The Morgan fingerprint density at radius 2 is 1.81 bits per heavy atom. The van der Waals surface area contributed by atoms with E-state index in [1.807, 2.05) is 30.6 Å². The largest absolute Gasteiger partial charge is 0.496 e. The van der Waals surface area contributed by atoms with Gasteiger partial charge in [0.1, 0.15) is 5.75 Å². The van der Waals surface area contributed by atoms with E-state index in [0.717, 1.165) is 37.5 Å². The highest BCUT2D eigenvalue weighted by atomic mass is 16.5. The van der Waals surface area contributed by atoms with Crippen LogP contribution in [0.3, 0.4) is 0 Å². The highest BCUT2D eigenvalue weighted by Crippen LogP contribution is 2.30. The van der Waals surface area contributed by atoms with Crippen LogP contribution in [0, 0.1) is 0 Å². The monoisotopic (exact) mass is 359 g/mol. The SMILES string of the molecule is COc1ccccc1-c1ccc(CN2CCNCC2c2ccncc2)cc1. The molecule has 4 rings (SSSR count). The van der Waals surface area contributed by atoms with Crippen molar-refractivity contribution in [2.45, 2.75) is 12.6 Å². The number of methoxy groups -OCH3 is 1. The maximum atomic E-state index is 5.49. The zero-order valence-corrected chi connectivity index (χ0v) is 15.6. The zero-order chi connectivity index (χ0) is 18.5. The van der Waals surface area contributed by atoms with E-state index in [1.54, 1.807) is 7.11 Å². The molecule has 1 unspecified atom stereocenters. The summed E-state index contributed by atoms with van der Waals surface area (Å²) in [6.07, 6.45) is 3.76. The molecule has 2 aromatic carbocycles. The number of hydrogen-bond donors (Lipinski definition) is 1. The van der Waals surface area contributed by atoms with Crippen LogP contribution in [0.15, 0.2) is 73.1 Å². The Balaban J connectivity index is 1.52. The smallest absolute Gasteiger partial charge is 0.126 e. The number of para-hydroxylation sites is 1. The van der Waals surface area contributed by atoms with Gasteiger partial charge in [-0.3, -0.25) is 9.88 Å². The van der Waals surface area contributed by atoms with E-state index in [2.05, 4.69) is 57.7 Å². The van der Waals surface area contributed by atoms with Gasteiger partial charge in [0, 0.05) is 50.2 Å². The third-order valence-corrected chi connectivity index (χ3v) is 5.20. The van der Waals surface area contributed by atoms with Crippen molar-refractivity contribution < 1.29 is 4.74 Å². The average molecular weight is 359 g/mol. The second-order valence-electron chi connectivity index (χ2n) is 6.87. The number of pyridine rings is 1. The Bertz CT molecular complexity index is 864. The number of aromatic nitrogens is 1. The van der Waals surface area contributed by atoms with Crippen molar-refractivity contribution in [2.24, 2.45) is 0 Å². The minimum absolute atomic E-state index is 0.385. The summed E-state index contributed by atoms with van der Waals surface area (Å²) in [6, 6.07) is 21.6. The Morgan fingerprint density at radius 1 is 1.04 bits per heavy atom. The first-order chi connectivity index (χ1) is 13.3. The zero-order valence-electron chi connectivity index (χ0n) is 15.6. The maximum Gasteiger partial charge on any atom is 0.126 e. The molecule has 3 aromatic rings. The molecule has 1 aliphatic rings. The third-order valence-electron chi connectivity index (χ3n) is 5.20. The first-order valence-electron chi connectivity index (χ1n) is 9.42. The lowest BCUT2D eigenvalue weighted by Gasteiger charge is -2.36. The lowest BCUT2D eigenvalue weighted by molar-refractivity contribution is 0.153. The number of hydrogen-bond acceptors (Lipinski definition) is 4. The number of piperazine rings is 1. The van der Waals surface area contributed by atoms with E-state index in [-0.39, 0.29) is 0 Å². The van der Waals surface area contributed by atoms with E-state index < -0.39 is 0 Å². The van der Waals surface area contributed by atoms with Gasteiger partial charge in [-0.1, -0.05) is 42.5 Å². The first kappa shape index (κ1) is 17.7. The van der Waals surface area contributed by atoms with E-state index in [9.17, 15) is 0 Å². The predicted molar refractivity (Wildman–Crippen MR) is 109 cm³/mol. The molecule has 0 amide bonds. The Kier molecular flexibility index (Phi) is 5.47. The van der Waals surface area contributed by atoms with Crippen LogP contribution in [0.2, 0.25) is 0 Å². The Labute approximate surface area is 160 Å². The van der Waals surface area contributed by atoms with E-state index in [1.165, 1.54) is 16.7 Å². The van der Waals surface area contributed by atoms with Crippen molar-refractivity contribution in [3.8, 4) is 16.9 Å². The van der Waals surface area contributed by atoms with Crippen molar-refractivity contribution in [3.63, 3.8) is 0 Å². The van der Waals surface area contributed by atoms with Gasteiger partial charge in [-0.05, 0) is 34.9 Å². The molecular formula is C23H25N3O. The molecule has 138 valence electrons. The van der Waals surface area contributed by atoms with Crippen molar-refractivity contribution in [1.29, 1.82) is 0 Å². The quantitative estimate of drug-likeness (QED) is 0.750. The van der Waals surface area contributed by atoms with Crippen molar-refractivity contribution in [1.82, 2.24) is 15.2 Å². The molecule has 0 radical (unpaired) electrons. The Hall–Kier alpha value is -2.69. The van der Waals surface area contributed by atoms with E-state index >= 15 is 0 Å². The molecule has 2 heterocycles. The van der Waals surface area contributed by atoms with Gasteiger partial charge < -0.3 is 10.1 Å². The van der Waals surface area contributed by atoms with Crippen LogP contribution in [0.25, 0.3) is 11.1 Å². The average Bonchev–Trinajstić information content (AvgIpc) is 2.75. The minimum atomic E-state index is 0.385. The molecule has 27 heavy (non-hydrogen) atoms. The maximum absolute atomic E-state index is 5.49. The van der Waals surface area contributed by atoms with Crippen molar-refractivity contribution in [2.75, 3.05) is 26.7 Å². The predicted octanol–water partition coefficient (Wildman–Crippen LogP) is 3.90. The second kappa shape index (κ2) is 8.33. The van der Waals surface area contributed by atoms with Gasteiger partial charge >= 0.3 is 0 Å². The minimum Gasteiger partial charge on any atom is -0.496 e. The summed E-state index contributed by atoms with van der Waals surface area (Å²) in [5, 5.41) is 3.52. The molecular weight excluding hydrogens is 334 g/mol. The fourth-order valence-corrected chi connectivity index (χ4v) is 3.76.